The molecule has 1 unspecified atom stereocenters. The van der Waals surface area contributed by atoms with E-state index in [9.17, 15) is 18.8 Å². The highest BCUT2D eigenvalue weighted by Gasteiger charge is 2.35. The van der Waals surface area contributed by atoms with Gasteiger partial charge in [-0.1, -0.05) is 44.7 Å². The van der Waals surface area contributed by atoms with Crippen molar-refractivity contribution in [2.24, 2.45) is 5.92 Å². The fourth-order valence-electron chi connectivity index (χ4n) is 4.07. The van der Waals surface area contributed by atoms with Crippen molar-refractivity contribution in [3.8, 4) is 5.75 Å². The summed E-state index contributed by atoms with van der Waals surface area (Å²) in [7, 11) is 1.51. The van der Waals surface area contributed by atoms with Gasteiger partial charge < -0.3 is 15.4 Å². The average molecular weight is 532 g/mol. The Morgan fingerprint density at radius 3 is 2.65 bits per heavy atom. The van der Waals surface area contributed by atoms with Gasteiger partial charge in [0.15, 0.2) is 0 Å². The zero-order chi connectivity index (χ0) is 27.7. The number of ether oxygens (including phenoxy) is 1. The van der Waals surface area contributed by atoms with Crippen molar-refractivity contribution in [3.05, 3.63) is 76.6 Å². The zero-order valence-electron chi connectivity index (χ0n) is 21.8. The maximum atomic E-state index is 14.4. The molecule has 200 valence electrons. The summed E-state index contributed by atoms with van der Waals surface area (Å²) in [4.78, 5) is 40.0. The van der Waals surface area contributed by atoms with Crippen LogP contribution in [0.4, 0.5) is 9.18 Å². The highest BCUT2D eigenvalue weighted by atomic mass is 35.5. The van der Waals surface area contributed by atoms with Crippen molar-refractivity contribution < 1.29 is 23.5 Å². The van der Waals surface area contributed by atoms with Crippen LogP contribution in [0.25, 0.3) is 0 Å². The number of rotatable bonds is 10. The van der Waals surface area contributed by atoms with Crippen LogP contribution < -0.4 is 15.4 Å². The number of imide groups is 1. The highest BCUT2D eigenvalue weighted by Crippen LogP contribution is 2.27. The lowest BCUT2D eigenvalue weighted by atomic mass is 9.97. The molecule has 1 fully saturated rings. The Morgan fingerprint density at radius 2 is 2.08 bits per heavy atom. The molecule has 9 heteroatoms. The van der Waals surface area contributed by atoms with Crippen LogP contribution in [-0.2, 0) is 16.0 Å². The molecule has 1 aliphatic heterocycles. The van der Waals surface area contributed by atoms with E-state index in [-0.39, 0.29) is 25.2 Å². The van der Waals surface area contributed by atoms with E-state index in [0.717, 1.165) is 4.90 Å². The molecule has 0 bridgehead atoms. The number of halogens is 2. The first-order valence-corrected chi connectivity index (χ1v) is 12.5. The van der Waals surface area contributed by atoms with E-state index in [1.54, 1.807) is 38.1 Å². The lowest BCUT2D eigenvalue weighted by Gasteiger charge is -2.26. The van der Waals surface area contributed by atoms with Gasteiger partial charge in [-0.05, 0) is 67.2 Å². The van der Waals surface area contributed by atoms with Crippen LogP contribution in [0.1, 0.15) is 39.2 Å². The zero-order valence-corrected chi connectivity index (χ0v) is 22.6. The minimum Gasteiger partial charge on any atom is -0.496 e. The second-order valence-electron chi connectivity index (χ2n) is 8.80. The number of nitrogens with one attached hydrogen (secondary N) is 2. The summed E-state index contributed by atoms with van der Waals surface area (Å²) in [5, 5.41) is 5.99. The number of amides is 4. The monoisotopic (exact) mass is 531 g/mol. The summed E-state index contributed by atoms with van der Waals surface area (Å²) in [5.41, 5.74) is 2.12. The second-order valence-corrected chi connectivity index (χ2v) is 9.23. The van der Waals surface area contributed by atoms with Gasteiger partial charge in [0.1, 0.15) is 18.1 Å². The molecule has 7 nitrogen and oxygen atoms in total. The van der Waals surface area contributed by atoms with E-state index >= 15 is 0 Å². The molecular formula is C28H35ClFN3O4. The maximum absolute atomic E-state index is 14.4. The summed E-state index contributed by atoms with van der Waals surface area (Å²) in [6, 6.07) is 3.78. The summed E-state index contributed by atoms with van der Waals surface area (Å²) < 4.78 is 19.8. The average Bonchev–Trinajstić information content (AvgIpc) is 3.01. The molecular weight excluding hydrogens is 497 g/mol. The molecule has 0 spiro atoms. The molecule has 1 heterocycles. The van der Waals surface area contributed by atoms with E-state index < -0.39 is 36.3 Å². The van der Waals surface area contributed by atoms with Crippen molar-refractivity contribution in [1.82, 2.24) is 15.5 Å². The molecule has 2 atom stereocenters. The lowest BCUT2D eigenvalue weighted by Crippen LogP contribution is -2.50. The molecule has 2 rings (SSSR count). The molecule has 1 aliphatic rings. The Hall–Kier alpha value is -3.39. The summed E-state index contributed by atoms with van der Waals surface area (Å²) in [5.74, 6) is -1.44. The molecule has 0 aromatic heterocycles. The van der Waals surface area contributed by atoms with E-state index in [1.807, 2.05) is 6.92 Å². The molecule has 1 aromatic rings. The van der Waals surface area contributed by atoms with Gasteiger partial charge in [0, 0.05) is 17.1 Å². The number of carbonyl (C=O) groups is 3. The fraction of sp³-hybridized carbons (Fsp3) is 0.393. The number of hydrogen-bond donors (Lipinski definition) is 2. The fourth-order valence-corrected chi connectivity index (χ4v) is 4.26. The Kier molecular flexibility index (Phi) is 11.1. The van der Waals surface area contributed by atoms with Gasteiger partial charge in [-0.2, -0.15) is 0 Å². The Balaban J connectivity index is 2.33. The number of carbonyl (C=O) groups excluding carboxylic acids is 3. The van der Waals surface area contributed by atoms with E-state index in [4.69, 9.17) is 16.3 Å². The molecule has 0 saturated carbocycles. The standard InChI is InChI=1S/C28H35ClFN3O4/c1-7-18(14-22(17(4)5)23(30)8-2)24(9-3)32-28(36)33-16-26(34)31-15-20(27(33)35)12-19-13-21(29)10-11-25(19)37-6/h7,10-11,13-14,20,24H,1,4,8-9,12,15-16H2,2-3,5-6H3,(H,31,34)(H,32,36)/b18-14+,23-22-/t20-,24?/m1/s1. The number of benzene rings is 1. The van der Waals surface area contributed by atoms with Crippen molar-refractivity contribution in [2.45, 2.75) is 46.1 Å². The smallest absolute Gasteiger partial charge is 0.325 e. The second kappa shape index (κ2) is 13.8. The number of hydrogen-bond acceptors (Lipinski definition) is 4. The predicted octanol–water partition coefficient (Wildman–Crippen LogP) is 5.28. The van der Waals surface area contributed by atoms with Crippen LogP contribution in [-0.4, -0.2) is 49.0 Å². The minimum absolute atomic E-state index is 0.0647. The third-order valence-corrected chi connectivity index (χ3v) is 6.37. The molecule has 0 radical (unpaired) electrons. The van der Waals surface area contributed by atoms with Crippen molar-refractivity contribution >= 4 is 29.4 Å². The predicted molar refractivity (Wildman–Crippen MR) is 144 cm³/mol. The molecule has 1 aromatic carbocycles. The molecule has 37 heavy (non-hydrogen) atoms. The van der Waals surface area contributed by atoms with Gasteiger partial charge >= 0.3 is 6.03 Å². The Labute approximate surface area is 223 Å². The minimum atomic E-state index is -0.721. The van der Waals surface area contributed by atoms with Crippen molar-refractivity contribution in [1.29, 1.82) is 0 Å². The van der Waals surface area contributed by atoms with Gasteiger partial charge in [-0.25, -0.2) is 9.18 Å². The number of urea groups is 1. The van der Waals surface area contributed by atoms with Crippen LogP contribution in [0, 0.1) is 5.92 Å². The first-order valence-electron chi connectivity index (χ1n) is 12.2. The number of methoxy groups -OCH3 is 1. The summed E-state index contributed by atoms with van der Waals surface area (Å²) in [6.45, 7) is 12.5. The summed E-state index contributed by atoms with van der Waals surface area (Å²) in [6.07, 6.45) is 3.99. The van der Waals surface area contributed by atoms with Crippen LogP contribution in [0.5, 0.6) is 5.75 Å². The van der Waals surface area contributed by atoms with Crippen LogP contribution in [0.3, 0.4) is 0 Å². The van der Waals surface area contributed by atoms with Crippen molar-refractivity contribution in [2.75, 3.05) is 20.2 Å². The van der Waals surface area contributed by atoms with E-state index in [0.29, 0.717) is 39.5 Å². The first kappa shape index (κ1) is 29.8. The van der Waals surface area contributed by atoms with Crippen LogP contribution in [0.15, 0.2) is 66.1 Å². The van der Waals surface area contributed by atoms with Crippen molar-refractivity contribution in [3.63, 3.8) is 0 Å². The lowest BCUT2D eigenvalue weighted by molar-refractivity contribution is -0.133. The Morgan fingerprint density at radius 1 is 1.38 bits per heavy atom. The molecule has 4 amide bonds. The van der Waals surface area contributed by atoms with Gasteiger partial charge in [0.05, 0.1) is 19.1 Å². The highest BCUT2D eigenvalue weighted by molar-refractivity contribution is 6.30. The third-order valence-electron chi connectivity index (χ3n) is 6.13. The third kappa shape index (κ3) is 7.79. The van der Waals surface area contributed by atoms with Crippen LogP contribution >= 0.6 is 11.6 Å². The van der Waals surface area contributed by atoms with E-state index in [1.165, 1.54) is 13.2 Å². The SMILES string of the molecule is C=C/C(=C\C(C(=C)C)=C(\F)CC)C(CC)NC(=O)N1CC(=O)NC[C@@H](Cc2cc(Cl)ccc2OC)C1=O. The topological polar surface area (TPSA) is 87.7 Å². The van der Waals surface area contributed by atoms with Crippen LogP contribution in [0.2, 0.25) is 5.02 Å². The van der Waals surface area contributed by atoms with E-state index in [2.05, 4.69) is 23.8 Å². The first-order chi connectivity index (χ1) is 17.6. The molecule has 0 aliphatic carbocycles. The maximum Gasteiger partial charge on any atom is 0.325 e. The summed E-state index contributed by atoms with van der Waals surface area (Å²) >= 11 is 6.13. The number of allylic oxidation sites excluding steroid dienone is 4. The quantitative estimate of drug-likeness (QED) is 0.402. The van der Waals surface area contributed by atoms with Gasteiger partial charge in [0.2, 0.25) is 11.8 Å². The Bertz CT molecular complexity index is 1130. The van der Waals surface area contributed by atoms with Gasteiger partial charge in [0.25, 0.3) is 0 Å². The molecule has 2 N–H and O–H groups in total. The van der Waals surface area contributed by atoms with Gasteiger partial charge in [-0.3, -0.25) is 14.5 Å². The molecule has 1 saturated heterocycles. The normalized spacial score (nSPS) is 17.8. The number of nitrogens with zero attached hydrogens (tertiary/aromatic N) is 1. The van der Waals surface area contributed by atoms with Gasteiger partial charge in [-0.15, -0.1) is 0 Å². The largest absolute Gasteiger partial charge is 0.496 e.